The van der Waals surface area contributed by atoms with Gasteiger partial charge in [0.1, 0.15) is 36.0 Å². The normalized spacial score (nSPS) is 21.7. The Morgan fingerprint density at radius 3 is 1.60 bits per heavy atom. The second-order valence-electron chi connectivity index (χ2n) is 20.7. The fraction of sp³-hybridized carbons (Fsp3) is 0.564. The molecule has 0 aliphatic carbocycles. The molecular formula is C55H91N7O8S12. The summed E-state index contributed by atoms with van der Waals surface area (Å²) in [6, 6.07) is 12.8. The first-order chi connectivity index (χ1) is 34.3. The highest BCUT2D eigenvalue weighted by atomic mass is 32.2. The molecule has 466 valence electrons. The van der Waals surface area contributed by atoms with Crippen LogP contribution in [-0.4, -0.2) is 117 Å². The van der Waals surface area contributed by atoms with Crippen molar-refractivity contribution in [1.82, 2.24) is 36.4 Å². The summed E-state index contributed by atoms with van der Waals surface area (Å²) in [5.41, 5.74) is -0.0995. The highest BCUT2D eigenvalue weighted by molar-refractivity contribution is 8.00. The van der Waals surface area contributed by atoms with Gasteiger partial charge in [0, 0.05) is 31.1 Å². The van der Waals surface area contributed by atoms with E-state index >= 15 is 0 Å². The number of nitrogens with one attached hydrogen (secondary N) is 5. The molecule has 5 N–H and O–H groups in total. The van der Waals surface area contributed by atoms with Crippen LogP contribution in [0, 0.1) is 46.3 Å². The largest absolute Gasteiger partial charge is 0.344 e. The SMILES string of the molecule is CC[C@@H](C)C(=O)N[C@H]1CCS[C@H]2CC(C)(C)[C@@H](C(=O)N[C@H](C(=O)CCC#CC#CCNC(=O)[C@@H](NC(=O)C3N4C(=O)[C@@H](CC(=O)[C@H](C)NC)CCS[C@H]4CC3(C)C)c3ccccc3)c3ccccc3)N2C1=O.S.S.S.S.S.S.S.S.S.S. The monoisotopic (exact) mass is 1360 g/mol. The summed E-state index contributed by atoms with van der Waals surface area (Å²) in [5.74, 6) is 9.29. The topological polar surface area (TPSA) is 203 Å². The average molecular weight is 1360 g/mol. The van der Waals surface area contributed by atoms with Gasteiger partial charge in [-0.15, -0.1) is 23.5 Å². The predicted octanol–water partition coefficient (Wildman–Crippen LogP) is 6.20. The van der Waals surface area contributed by atoms with Crippen molar-refractivity contribution in [3.63, 3.8) is 0 Å². The first kappa shape index (κ1) is 88.6. The summed E-state index contributed by atoms with van der Waals surface area (Å²) in [6.07, 6.45) is 3.00. The summed E-state index contributed by atoms with van der Waals surface area (Å²) in [5, 5.41) is 14.1. The number of amides is 6. The molecule has 4 fully saturated rings. The van der Waals surface area contributed by atoms with E-state index in [1.807, 2.05) is 53.7 Å². The van der Waals surface area contributed by atoms with E-state index in [9.17, 15) is 38.4 Å². The number of carbonyl (C=O) groups is 8. The lowest BCUT2D eigenvalue weighted by Crippen LogP contribution is -2.57. The molecule has 6 rings (SSSR count). The van der Waals surface area contributed by atoms with E-state index in [-0.39, 0.29) is 207 Å². The Kier molecular flexibility index (Phi) is 44.4. The number of nitrogens with zero attached hydrogens (tertiary/aromatic N) is 2. The van der Waals surface area contributed by atoms with Gasteiger partial charge >= 0.3 is 0 Å². The van der Waals surface area contributed by atoms with Crippen molar-refractivity contribution in [2.75, 3.05) is 25.1 Å². The zero-order valence-corrected chi connectivity index (χ0v) is 59.4. The maximum absolute atomic E-state index is 14.4. The van der Waals surface area contributed by atoms with Crippen molar-refractivity contribution in [3.8, 4) is 23.7 Å². The lowest BCUT2D eigenvalue weighted by atomic mass is 9.83. The fourth-order valence-corrected chi connectivity index (χ4v) is 13.2. The number of carbonyl (C=O) groups excluding carboxylic acids is 8. The summed E-state index contributed by atoms with van der Waals surface area (Å²) in [4.78, 5) is 114. The number of hydrogen-bond acceptors (Lipinski definition) is 11. The minimum atomic E-state index is -1.10. The minimum absolute atomic E-state index is 0. The van der Waals surface area contributed by atoms with Crippen molar-refractivity contribution in [2.24, 2.45) is 22.7 Å². The molecule has 15 nitrogen and oxygen atoms in total. The molecule has 1 unspecified atom stereocenters. The Labute approximate surface area is 565 Å². The highest BCUT2D eigenvalue weighted by Crippen LogP contribution is 2.48. The third-order valence-electron chi connectivity index (χ3n) is 14.5. The van der Waals surface area contributed by atoms with Gasteiger partial charge in [0.2, 0.25) is 35.4 Å². The summed E-state index contributed by atoms with van der Waals surface area (Å²) in [7, 11) is 1.70. The molecule has 4 heterocycles. The second kappa shape index (κ2) is 41.1. The van der Waals surface area contributed by atoms with Gasteiger partial charge in [-0.05, 0) is 91.4 Å². The molecule has 0 bridgehead atoms. The van der Waals surface area contributed by atoms with E-state index in [1.165, 1.54) is 0 Å². The Balaban J connectivity index is -0.00000198. The van der Waals surface area contributed by atoms with Crippen LogP contribution >= 0.6 is 158 Å². The van der Waals surface area contributed by atoms with Gasteiger partial charge in [-0.25, -0.2) is 0 Å². The Morgan fingerprint density at radius 2 is 1.10 bits per heavy atom. The van der Waals surface area contributed by atoms with Crippen LogP contribution in [0.15, 0.2) is 60.7 Å². The highest BCUT2D eigenvalue weighted by Gasteiger charge is 2.56. The number of Topliss-reactive ketones (excluding diaryl/α,β-unsaturated/α-hetero) is 2. The van der Waals surface area contributed by atoms with E-state index < -0.39 is 70.7 Å². The number of hydrogen-bond donors (Lipinski definition) is 5. The number of ketones is 2. The Bertz CT molecular complexity index is 2330. The number of likely N-dealkylation sites (N-methyl/N-ethyl adjacent to an activating group) is 1. The molecule has 2 aromatic carbocycles. The standard InChI is InChI=1S/C55H71N7O8S2.10H2S/c1-9-34(2)48(65)58-39-27-30-72-43-33-55(6,7)47(62(43)53(39)70)50(67)59-44(36-21-15-13-16-22-36)40(63)25-19-11-10-12-20-28-57-49(66)45(37-23-17-14-18-24-37)60-51(68)46-54(4,5)32-42-61(46)52(69)38(26-29-71-42)31-41(64)35(3)56-8;;;;;;;;;;/h13-18,21-24,34-35,38-39,42-47,56H,9,19,25-33H2,1-8H3,(H,57,66)(H,58,65)(H,59,67)(H,60,68);10*1H2/t34-,35+,38-,39+,42+,43+,44+,45+,46?,47-;;;;;;;;;;/m1........../s1. The predicted molar refractivity (Wildman–Crippen MR) is 384 cm³/mol. The van der Waals surface area contributed by atoms with Crippen molar-refractivity contribution in [3.05, 3.63) is 71.8 Å². The number of fused-ring (bicyclic) bond motifs is 2. The van der Waals surface area contributed by atoms with Gasteiger partial charge in [-0.1, -0.05) is 114 Å². The third-order valence-corrected chi connectivity index (χ3v) is 17.0. The summed E-state index contributed by atoms with van der Waals surface area (Å²) in [6.45, 7) is 13.2. The summed E-state index contributed by atoms with van der Waals surface area (Å²) >= 11 is 3.23. The number of thioether (sulfide) groups is 2. The fourth-order valence-electron chi connectivity index (χ4n) is 10.0. The molecule has 27 heteroatoms. The first-order valence-corrected chi connectivity index (χ1v) is 27.2. The lowest BCUT2D eigenvalue weighted by molar-refractivity contribution is -0.145. The number of rotatable bonds is 18. The zero-order chi connectivity index (χ0) is 52.3. The van der Waals surface area contributed by atoms with Gasteiger partial charge < -0.3 is 36.4 Å². The smallest absolute Gasteiger partial charge is 0.247 e. The third kappa shape index (κ3) is 22.5. The van der Waals surface area contributed by atoms with Crippen LogP contribution in [0.5, 0.6) is 0 Å². The van der Waals surface area contributed by atoms with Crippen LogP contribution in [-0.2, 0) is 38.4 Å². The van der Waals surface area contributed by atoms with Crippen molar-refractivity contribution < 1.29 is 38.4 Å². The molecule has 0 spiro atoms. The van der Waals surface area contributed by atoms with Gasteiger partial charge in [-0.2, -0.15) is 135 Å². The molecule has 0 saturated carbocycles. The van der Waals surface area contributed by atoms with E-state index in [4.69, 9.17) is 0 Å². The van der Waals surface area contributed by atoms with E-state index in [1.54, 1.807) is 95.8 Å². The molecule has 4 aliphatic heterocycles. The van der Waals surface area contributed by atoms with Crippen LogP contribution in [0.3, 0.4) is 0 Å². The first-order valence-electron chi connectivity index (χ1n) is 25.1. The van der Waals surface area contributed by atoms with Crippen LogP contribution in [0.2, 0.25) is 0 Å². The van der Waals surface area contributed by atoms with Gasteiger partial charge in [0.15, 0.2) is 5.78 Å². The maximum Gasteiger partial charge on any atom is 0.247 e. The maximum atomic E-state index is 14.4. The molecule has 10 atom stereocenters. The molecule has 2 aromatic rings. The molecule has 6 amide bonds. The molecular weight excluding hydrogens is 1270 g/mol. The Hall–Kier alpha value is -2.12. The van der Waals surface area contributed by atoms with Crippen LogP contribution in [0.1, 0.15) is 123 Å². The number of benzene rings is 2. The minimum Gasteiger partial charge on any atom is -0.344 e. The molecule has 4 aliphatic rings. The lowest BCUT2D eigenvalue weighted by Gasteiger charge is -2.35. The van der Waals surface area contributed by atoms with Gasteiger partial charge in [-0.3, -0.25) is 38.4 Å². The quantitative estimate of drug-likeness (QED) is 0.107. The van der Waals surface area contributed by atoms with E-state index in [0.29, 0.717) is 54.7 Å². The zero-order valence-electron chi connectivity index (χ0n) is 47.8. The Morgan fingerprint density at radius 1 is 0.634 bits per heavy atom. The molecule has 82 heavy (non-hydrogen) atoms. The molecule has 0 radical (unpaired) electrons. The average Bonchev–Trinajstić information content (AvgIpc) is 3.68. The second-order valence-corrected chi connectivity index (χ2v) is 23.2. The van der Waals surface area contributed by atoms with E-state index in [2.05, 4.69) is 50.3 Å². The van der Waals surface area contributed by atoms with Crippen LogP contribution in [0.4, 0.5) is 0 Å². The van der Waals surface area contributed by atoms with Crippen LogP contribution < -0.4 is 26.6 Å². The van der Waals surface area contributed by atoms with Gasteiger partial charge in [0.25, 0.3) is 0 Å². The van der Waals surface area contributed by atoms with Crippen molar-refractivity contribution in [2.45, 2.75) is 147 Å². The van der Waals surface area contributed by atoms with Crippen LogP contribution in [0.25, 0.3) is 0 Å². The van der Waals surface area contributed by atoms with Crippen molar-refractivity contribution in [1.29, 1.82) is 0 Å². The van der Waals surface area contributed by atoms with E-state index in [0.717, 1.165) is 0 Å². The van der Waals surface area contributed by atoms with Crippen molar-refractivity contribution >= 4 is 205 Å². The molecule has 0 aromatic heterocycles. The summed E-state index contributed by atoms with van der Waals surface area (Å²) < 4.78 is 0. The molecule has 4 saturated heterocycles. The van der Waals surface area contributed by atoms with Gasteiger partial charge in [0.05, 0.1) is 23.3 Å².